The number of hydrogen-bond acceptors (Lipinski definition) is 3. The third-order valence-corrected chi connectivity index (χ3v) is 3.91. The molecule has 1 heterocycles. The van der Waals surface area contributed by atoms with Gasteiger partial charge < -0.3 is 4.74 Å². The van der Waals surface area contributed by atoms with E-state index in [1.165, 1.54) is 0 Å². The van der Waals surface area contributed by atoms with Gasteiger partial charge in [0.25, 0.3) is 0 Å². The summed E-state index contributed by atoms with van der Waals surface area (Å²) in [5.41, 5.74) is 2.83. The van der Waals surface area contributed by atoms with Crippen molar-refractivity contribution >= 4 is 12.2 Å². The summed E-state index contributed by atoms with van der Waals surface area (Å²) >= 11 is 5.24. The lowest BCUT2D eigenvalue weighted by molar-refractivity contribution is 0.340. The number of aromatic amines is 1. The molecular weight excluding hydrogens is 272 g/mol. The van der Waals surface area contributed by atoms with E-state index >= 15 is 0 Å². The van der Waals surface area contributed by atoms with Gasteiger partial charge in [0.1, 0.15) is 10.4 Å². The molecule has 0 radical (unpaired) electrons. The lowest BCUT2D eigenvalue weighted by atomic mass is 10.2. The molecule has 0 aliphatic heterocycles. The van der Waals surface area contributed by atoms with Crippen LogP contribution in [0.4, 0.5) is 0 Å². The highest BCUT2D eigenvalue weighted by atomic mass is 32.1. The molecule has 1 aromatic carbocycles. The average molecular weight is 288 g/mol. The highest BCUT2D eigenvalue weighted by Gasteiger charge is 2.19. The van der Waals surface area contributed by atoms with Crippen LogP contribution >= 0.6 is 12.2 Å². The first-order valence-electron chi connectivity index (χ1n) is 6.81. The number of hydrogen-bond donors (Lipinski definition) is 1. The van der Waals surface area contributed by atoms with Crippen LogP contribution in [-0.4, -0.2) is 16.2 Å². The molecule has 0 saturated carbocycles. The van der Waals surface area contributed by atoms with Gasteiger partial charge in [-0.1, -0.05) is 12.2 Å². The van der Waals surface area contributed by atoms with E-state index in [4.69, 9.17) is 17.0 Å². The van der Waals surface area contributed by atoms with Crippen LogP contribution in [0.1, 0.15) is 24.6 Å². The first kappa shape index (κ1) is 13.1. The van der Waals surface area contributed by atoms with E-state index in [0.717, 1.165) is 42.0 Å². The van der Waals surface area contributed by atoms with Crippen molar-refractivity contribution in [1.82, 2.24) is 9.55 Å². The topological polar surface area (TPSA) is 47.0 Å². The highest BCUT2D eigenvalue weighted by molar-refractivity contribution is 7.71. The smallest absolute Gasteiger partial charge is 0.331 e. The zero-order valence-electron chi connectivity index (χ0n) is 11.3. The van der Waals surface area contributed by atoms with Crippen molar-refractivity contribution in [2.75, 3.05) is 6.61 Å². The van der Waals surface area contributed by atoms with Crippen LogP contribution in [0.2, 0.25) is 0 Å². The Labute approximate surface area is 122 Å². The minimum absolute atomic E-state index is 0.167. The molecule has 3 rings (SSSR count). The van der Waals surface area contributed by atoms with Crippen molar-refractivity contribution in [3.8, 4) is 11.4 Å². The molecule has 1 aliphatic rings. The maximum atomic E-state index is 12.2. The van der Waals surface area contributed by atoms with Gasteiger partial charge in [-0.3, -0.25) is 9.55 Å². The molecule has 0 saturated heterocycles. The van der Waals surface area contributed by atoms with Gasteiger partial charge in [0.2, 0.25) is 0 Å². The first-order chi connectivity index (χ1) is 9.70. The van der Waals surface area contributed by atoms with Gasteiger partial charge >= 0.3 is 5.69 Å². The third kappa shape index (κ3) is 2.18. The molecule has 0 amide bonds. The molecule has 5 heteroatoms. The largest absolute Gasteiger partial charge is 0.494 e. The number of aromatic nitrogens is 2. The maximum Gasteiger partial charge on any atom is 0.331 e. The minimum atomic E-state index is -0.167. The molecule has 0 spiro atoms. The van der Waals surface area contributed by atoms with Crippen LogP contribution in [-0.2, 0) is 12.8 Å². The fourth-order valence-electron chi connectivity index (χ4n) is 2.70. The number of H-pyrrole nitrogens is 1. The van der Waals surface area contributed by atoms with Gasteiger partial charge in [-0.25, -0.2) is 4.79 Å². The van der Waals surface area contributed by atoms with Gasteiger partial charge in [-0.05, 0) is 50.5 Å². The van der Waals surface area contributed by atoms with Crippen LogP contribution in [0, 0.1) is 4.64 Å². The van der Waals surface area contributed by atoms with Crippen molar-refractivity contribution in [1.29, 1.82) is 0 Å². The second-order valence-corrected chi connectivity index (χ2v) is 5.21. The molecular formula is C15H16N2O2S. The Balaban J connectivity index is 2.13. The minimum Gasteiger partial charge on any atom is -0.494 e. The van der Waals surface area contributed by atoms with Crippen LogP contribution < -0.4 is 10.4 Å². The lowest BCUT2D eigenvalue weighted by Crippen LogP contribution is -2.25. The second-order valence-electron chi connectivity index (χ2n) is 4.80. The summed E-state index contributed by atoms with van der Waals surface area (Å²) in [6, 6.07) is 7.58. The van der Waals surface area contributed by atoms with Crippen molar-refractivity contribution in [3.05, 3.63) is 50.6 Å². The molecule has 20 heavy (non-hydrogen) atoms. The fourth-order valence-corrected chi connectivity index (χ4v) is 3.01. The van der Waals surface area contributed by atoms with Gasteiger partial charge in [0.15, 0.2) is 0 Å². The van der Waals surface area contributed by atoms with Gasteiger partial charge in [0, 0.05) is 11.3 Å². The van der Waals surface area contributed by atoms with E-state index in [-0.39, 0.29) is 5.69 Å². The van der Waals surface area contributed by atoms with E-state index in [1.807, 2.05) is 31.2 Å². The summed E-state index contributed by atoms with van der Waals surface area (Å²) in [6.45, 7) is 2.58. The Hall–Kier alpha value is -1.88. The van der Waals surface area contributed by atoms with Crippen LogP contribution in [0.25, 0.3) is 5.69 Å². The number of nitrogens with zero attached hydrogens (tertiary/aromatic N) is 1. The number of rotatable bonds is 3. The molecule has 0 bridgehead atoms. The Morgan fingerprint density at radius 1 is 1.30 bits per heavy atom. The Bertz CT molecular complexity index is 744. The Morgan fingerprint density at radius 3 is 2.75 bits per heavy atom. The Kier molecular flexibility index (Phi) is 3.44. The number of nitrogens with one attached hydrogen (secondary N) is 1. The SMILES string of the molecule is CCOc1ccc(-n2c3c(c(=S)[nH]c2=O)CCC3)cc1. The molecule has 2 aromatic rings. The predicted molar refractivity (Wildman–Crippen MR) is 80.4 cm³/mol. The zero-order valence-corrected chi connectivity index (χ0v) is 12.1. The monoisotopic (exact) mass is 288 g/mol. The second kappa shape index (κ2) is 5.25. The van der Waals surface area contributed by atoms with Crippen LogP contribution in [0.3, 0.4) is 0 Å². The highest BCUT2D eigenvalue weighted by Crippen LogP contribution is 2.24. The number of benzene rings is 1. The normalized spacial score (nSPS) is 13.2. The number of ether oxygens (including phenoxy) is 1. The van der Waals surface area contributed by atoms with Crippen molar-refractivity contribution in [2.45, 2.75) is 26.2 Å². The van der Waals surface area contributed by atoms with Gasteiger partial charge in [-0.2, -0.15) is 0 Å². The predicted octanol–water partition coefficient (Wildman–Crippen LogP) is 2.78. The molecule has 0 atom stereocenters. The van der Waals surface area contributed by atoms with E-state index in [2.05, 4.69) is 4.98 Å². The molecule has 1 N–H and O–H groups in total. The Morgan fingerprint density at radius 2 is 2.05 bits per heavy atom. The average Bonchev–Trinajstić information content (AvgIpc) is 2.90. The molecule has 1 aromatic heterocycles. The third-order valence-electron chi connectivity index (χ3n) is 3.56. The van der Waals surface area contributed by atoms with E-state index in [9.17, 15) is 4.79 Å². The number of fused-ring (bicyclic) bond motifs is 1. The fraction of sp³-hybridized carbons (Fsp3) is 0.333. The standard InChI is InChI=1S/C15H16N2O2S/c1-2-19-11-8-6-10(7-9-11)17-13-5-3-4-12(13)14(20)16-15(17)18/h6-9H,2-5H2,1H3,(H,16,18,20). The van der Waals surface area contributed by atoms with Crippen LogP contribution in [0.15, 0.2) is 29.1 Å². The van der Waals surface area contributed by atoms with E-state index in [0.29, 0.717) is 11.2 Å². The molecule has 0 fully saturated rings. The summed E-state index contributed by atoms with van der Waals surface area (Å²) in [4.78, 5) is 15.0. The zero-order chi connectivity index (χ0) is 14.1. The van der Waals surface area contributed by atoms with E-state index < -0.39 is 0 Å². The summed E-state index contributed by atoms with van der Waals surface area (Å²) in [5.74, 6) is 0.810. The van der Waals surface area contributed by atoms with Crippen molar-refractivity contribution in [2.24, 2.45) is 0 Å². The van der Waals surface area contributed by atoms with Gasteiger partial charge in [0.05, 0.1) is 12.3 Å². The molecule has 1 aliphatic carbocycles. The molecule has 0 unspecified atom stereocenters. The quantitative estimate of drug-likeness (QED) is 0.883. The molecule has 4 nitrogen and oxygen atoms in total. The molecule has 104 valence electrons. The summed E-state index contributed by atoms with van der Waals surface area (Å²) in [5, 5.41) is 0. The summed E-state index contributed by atoms with van der Waals surface area (Å²) in [6.07, 6.45) is 2.89. The van der Waals surface area contributed by atoms with Crippen molar-refractivity contribution in [3.63, 3.8) is 0 Å². The van der Waals surface area contributed by atoms with Crippen LogP contribution in [0.5, 0.6) is 5.75 Å². The maximum absolute atomic E-state index is 12.2. The first-order valence-corrected chi connectivity index (χ1v) is 7.22. The van der Waals surface area contributed by atoms with Gasteiger partial charge in [-0.15, -0.1) is 0 Å². The van der Waals surface area contributed by atoms with E-state index in [1.54, 1.807) is 4.57 Å². The summed E-state index contributed by atoms with van der Waals surface area (Å²) in [7, 11) is 0. The van der Waals surface area contributed by atoms with Crippen molar-refractivity contribution < 1.29 is 4.74 Å². The lowest BCUT2D eigenvalue weighted by Gasteiger charge is -2.12. The summed E-state index contributed by atoms with van der Waals surface area (Å²) < 4.78 is 7.74.